The number of hydrogen-bond donors (Lipinski definition) is 1. The number of carbonyl (C=O) groups excluding carboxylic acids is 2. The Morgan fingerprint density at radius 1 is 1.10 bits per heavy atom. The minimum atomic E-state index is -1.02. The molecule has 0 aliphatic heterocycles. The molecule has 4 aromatic rings. The zero-order chi connectivity index (χ0) is 21.4. The van der Waals surface area contributed by atoms with Crippen LogP contribution >= 0.6 is 0 Å². The minimum Gasteiger partial charge on any atom is -0.448 e. The van der Waals surface area contributed by atoms with Gasteiger partial charge in [-0.1, -0.05) is 18.2 Å². The second-order valence-corrected chi connectivity index (χ2v) is 6.95. The largest absolute Gasteiger partial charge is 0.448 e. The molecule has 0 spiro atoms. The highest BCUT2D eigenvalue weighted by molar-refractivity contribution is 6.11. The Kier molecular flexibility index (Phi) is 4.91. The highest BCUT2D eigenvalue weighted by Gasteiger charge is 2.26. The normalized spacial score (nSPS) is 12.1. The van der Waals surface area contributed by atoms with Crippen molar-refractivity contribution in [3.8, 4) is 5.69 Å². The molecule has 0 saturated heterocycles. The van der Waals surface area contributed by atoms with Crippen LogP contribution < -0.4 is 0 Å². The predicted octanol–water partition coefficient (Wildman–Crippen LogP) is 3.93. The first-order valence-electron chi connectivity index (χ1n) is 9.37. The Morgan fingerprint density at radius 2 is 1.80 bits per heavy atom. The molecule has 30 heavy (non-hydrogen) atoms. The summed E-state index contributed by atoms with van der Waals surface area (Å²) in [5, 5.41) is 4.92. The number of ketones is 1. The van der Waals surface area contributed by atoms with Crippen molar-refractivity contribution >= 4 is 22.7 Å². The molecule has 2 aromatic carbocycles. The number of fused-ring (bicyclic) bond motifs is 1. The second kappa shape index (κ2) is 7.55. The molecule has 0 bridgehead atoms. The summed E-state index contributed by atoms with van der Waals surface area (Å²) in [6.07, 6.45) is -1.02. The van der Waals surface area contributed by atoms with Gasteiger partial charge in [-0.25, -0.2) is 18.9 Å². The lowest BCUT2D eigenvalue weighted by Gasteiger charge is -2.11. The third-order valence-corrected chi connectivity index (χ3v) is 4.82. The molecular weight excluding hydrogens is 387 g/mol. The number of Topliss-reactive ketones (excluding diaryl/α,β-unsaturated/α-hetero) is 1. The van der Waals surface area contributed by atoms with Crippen molar-refractivity contribution in [2.75, 3.05) is 0 Å². The smallest absolute Gasteiger partial charge is 0.378 e. The number of nitrogens with zero attached hydrogens (tertiary/aromatic N) is 3. The number of aromatic amines is 1. The SMILES string of the molecule is Cc1[nH]c2ccccc2c1C(=O)[C@H](C)OC(=O)c1nc(C)n(-c2ccc(F)cc2)n1. The maximum atomic E-state index is 13.1. The summed E-state index contributed by atoms with van der Waals surface area (Å²) in [5.74, 6) is -1.24. The summed E-state index contributed by atoms with van der Waals surface area (Å²) in [6, 6.07) is 13.1. The number of aromatic nitrogens is 4. The molecule has 1 atom stereocenters. The van der Waals surface area contributed by atoms with E-state index in [1.807, 2.05) is 24.3 Å². The average molecular weight is 406 g/mol. The van der Waals surface area contributed by atoms with Crippen molar-refractivity contribution in [2.45, 2.75) is 26.9 Å². The summed E-state index contributed by atoms with van der Waals surface area (Å²) in [6.45, 7) is 4.99. The molecule has 1 N–H and O–H groups in total. The van der Waals surface area contributed by atoms with Crippen LogP contribution in [0.2, 0.25) is 0 Å². The first kappa shape index (κ1) is 19.5. The van der Waals surface area contributed by atoms with Gasteiger partial charge in [-0.3, -0.25) is 4.79 Å². The number of benzene rings is 2. The summed E-state index contributed by atoms with van der Waals surface area (Å²) in [5.41, 5.74) is 2.59. The fourth-order valence-electron chi connectivity index (χ4n) is 3.37. The molecule has 152 valence electrons. The Hall–Kier alpha value is -3.81. The van der Waals surface area contributed by atoms with E-state index in [4.69, 9.17) is 4.74 Å². The number of ether oxygens (including phenoxy) is 1. The van der Waals surface area contributed by atoms with Crippen molar-refractivity contribution in [3.05, 3.63) is 77.3 Å². The van der Waals surface area contributed by atoms with Crippen LogP contribution in [-0.4, -0.2) is 37.6 Å². The fraction of sp³-hybridized carbons (Fsp3) is 0.182. The molecule has 0 saturated carbocycles. The molecule has 7 nitrogen and oxygen atoms in total. The molecule has 0 aliphatic carbocycles. The first-order chi connectivity index (χ1) is 14.3. The summed E-state index contributed by atoms with van der Waals surface area (Å²) >= 11 is 0. The van der Waals surface area contributed by atoms with Crippen LogP contribution in [0.25, 0.3) is 16.6 Å². The highest BCUT2D eigenvalue weighted by atomic mass is 19.1. The molecule has 4 rings (SSSR count). The molecule has 0 radical (unpaired) electrons. The number of rotatable bonds is 5. The zero-order valence-corrected chi connectivity index (χ0v) is 16.6. The van der Waals surface area contributed by atoms with Gasteiger partial charge in [0.15, 0.2) is 6.10 Å². The Morgan fingerprint density at radius 3 is 2.53 bits per heavy atom. The van der Waals surface area contributed by atoms with Crippen LogP contribution in [-0.2, 0) is 4.74 Å². The summed E-state index contributed by atoms with van der Waals surface area (Å²) in [4.78, 5) is 32.8. The highest BCUT2D eigenvalue weighted by Crippen LogP contribution is 2.24. The quantitative estimate of drug-likeness (QED) is 0.401. The monoisotopic (exact) mass is 406 g/mol. The van der Waals surface area contributed by atoms with Gasteiger partial charge >= 0.3 is 5.97 Å². The molecular formula is C22H19FN4O3. The lowest BCUT2D eigenvalue weighted by Crippen LogP contribution is -2.25. The van der Waals surface area contributed by atoms with Crippen LogP contribution in [0, 0.1) is 19.7 Å². The van der Waals surface area contributed by atoms with Gasteiger partial charge in [0.05, 0.1) is 5.69 Å². The predicted molar refractivity (Wildman–Crippen MR) is 108 cm³/mol. The third-order valence-electron chi connectivity index (χ3n) is 4.82. The molecule has 2 heterocycles. The van der Waals surface area contributed by atoms with Gasteiger partial charge in [-0.05, 0) is 51.1 Å². The topological polar surface area (TPSA) is 89.9 Å². The zero-order valence-electron chi connectivity index (χ0n) is 16.6. The minimum absolute atomic E-state index is 0.174. The number of H-pyrrole nitrogens is 1. The van der Waals surface area contributed by atoms with E-state index in [0.29, 0.717) is 22.8 Å². The van der Waals surface area contributed by atoms with E-state index in [1.54, 1.807) is 13.8 Å². The van der Waals surface area contributed by atoms with Crippen LogP contribution in [0.5, 0.6) is 0 Å². The molecule has 0 unspecified atom stereocenters. The van der Waals surface area contributed by atoms with E-state index < -0.39 is 12.1 Å². The lowest BCUT2D eigenvalue weighted by molar-refractivity contribution is 0.0307. The Labute approximate surface area is 171 Å². The van der Waals surface area contributed by atoms with E-state index in [2.05, 4.69) is 15.1 Å². The number of para-hydroxylation sites is 1. The van der Waals surface area contributed by atoms with Gasteiger partial charge in [0.25, 0.3) is 5.82 Å². The van der Waals surface area contributed by atoms with Gasteiger partial charge < -0.3 is 9.72 Å². The van der Waals surface area contributed by atoms with E-state index in [-0.39, 0.29) is 17.4 Å². The molecule has 0 aliphatic rings. The molecule has 0 amide bonds. The number of aryl methyl sites for hydroxylation is 2. The van der Waals surface area contributed by atoms with E-state index in [9.17, 15) is 14.0 Å². The summed E-state index contributed by atoms with van der Waals surface area (Å²) in [7, 11) is 0. The van der Waals surface area contributed by atoms with E-state index in [0.717, 1.165) is 10.9 Å². The third kappa shape index (κ3) is 3.47. The van der Waals surface area contributed by atoms with Crippen LogP contribution in [0.4, 0.5) is 4.39 Å². The van der Waals surface area contributed by atoms with Crippen molar-refractivity contribution in [2.24, 2.45) is 0 Å². The maximum Gasteiger partial charge on any atom is 0.378 e. The van der Waals surface area contributed by atoms with Crippen molar-refractivity contribution in [3.63, 3.8) is 0 Å². The number of hydrogen-bond acceptors (Lipinski definition) is 5. The van der Waals surface area contributed by atoms with Gasteiger partial charge in [-0.2, -0.15) is 0 Å². The maximum absolute atomic E-state index is 13.1. The molecule has 0 fully saturated rings. The summed E-state index contributed by atoms with van der Waals surface area (Å²) < 4.78 is 19.9. The van der Waals surface area contributed by atoms with Gasteiger partial charge in [-0.15, -0.1) is 5.10 Å². The van der Waals surface area contributed by atoms with Crippen LogP contribution in [0.3, 0.4) is 0 Å². The van der Waals surface area contributed by atoms with Gasteiger partial charge in [0, 0.05) is 22.2 Å². The van der Waals surface area contributed by atoms with Gasteiger partial charge in [0.2, 0.25) is 5.78 Å². The van der Waals surface area contributed by atoms with Crippen LogP contribution in [0.15, 0.2) is 48.5 Å². The van der Waals surface area contributed by atoms with Crippen molar-refractivity contribution in [1.29, 1.82) is 0 Å². The number of halogens is 1. The number of carbonyl (C=O) groups is 2. The second-order valence-electron chi connectivity index (χ2n) is 6.95. The standard InChI is InChI=1S/C22H19FN4O3/c1-12-19(17-6-4-5-7-18(17)24-12)20(28)13(2)30-22(29)21-25-14(3)27(26-21)16-10-8-15(23)9-11-16/h4-11,13,24H,1-3H3/t13-/m0/s1. The Bertz CT molecular complexity index is 1260. The van der Waals surface area contributed by atoms with Crippen molar-refractivity contribution in [1.82, 2.24) is 19.7 Å². The first-order valence-corrected chi connectivity index (χ1v) is 9.37. The van der Waals surface area contributed by atoms with Crippen LogP contribution in [0.1, 0.15) is 39.4 Å². The molecule has 8 heteroatoms. The van der Waals surface area contributed by atoms with Crippen molar-refractivity contribution < 1.29 is 18.7 Å². The van der Waals surface area contributed by atoms with E-state index >= 15 is 0 Å². The van der Waals surface area contributed by atoms with E-state index in [1.165, 1.54) is 35.9 Å². The average Bonchev–Trinajstić information content (AvgIpc) is 3.27. The number of esters is 1. The lowest BCUT2D eigenvalue weighted by atomic mass is 10.0. The number of nitrogens with one attached hydrogen (secondary N) is 1. The fourth-order valence-corrected chi connectivity index (χ4v) is 3.37. The van der Waals surface area contributed by atoms with Gasteiger partial charge in [0.1, 0.15) is 11.6 Å². The molecule has 2 aromatic heterocycles. The Balaban J connectivity index is 1.55.